The molecule has 0 saturated carbocycles. The zero-order valence-electron chi connectivity index (χ0n) is 8.53. The van der Waals surface area contributed by atoms with Gasteiger partial charge in [-0.1, -0.05) is 23.7 Å². The molecule has 0 aliphatic carbocycles. The number of rotatable bonds is 4. The van der Waals surface area contributed by atoms with E-state index in [9.17, 15) is 4.79 Å². The normalized spacial score (nSPS) is 12.2. The van der Waals surface area contributed by atoms with Gasteiger partial charge in [0.15, 0.2) is 0 Å². The summed E-state index contributed by atoms with van der Waals surface area (Å²) in [6, 6.07) is 7.16. The number of carbonyl (C=O) groups is 1. The zero-order chi connectivity index (χ0) is 11.3. The number of benzene rings is 1. The topological polar surface area (TPSA) is 49.3 Å². The number of nitrogens with one attached hydrogen (secondary N) is 1. The molecule has 3 nitrogen and oxygen atoms in total. The standard InChI is InChI=1S/C11H14ClNO2/c1-8(14)7-13-11(15)6-9-3-2-4-10(12)5-9/h2-5,8,14H,6-7H2,1H3,(H,13,15). The largest absolute Gasteiger partial charge is 0.392 e. The molecule has 1 rings (SSSR count). The van der Waals surface area contributed by atoms with Crippen LogP contribution < -0.4 is 5.32 Å². The van der Waals surface area contributed by atoms with Crippen LogP contribution in [0.3, 0.4) is 0 Å². The molecule has 0 radical (unpaired) electrons. The van der Waals surface area contributed by atoms with Crippen molar-refractivity contribution in [2.75, 3.05) is 6.54 Å². The second-order valence-electron chi connectivity index (χ2n) is 3.46. The van der Waals surface area contributed by atoms with Gasteiger partial charge in [-0.3, -0.25) is 4.79 Å². The van der Waals surface area contributed by atoms with Gasteiger partial charge in [-0.25, -0.2) is 0 Å². The first-order chi connectivity index (χ1) is 7.08. The molecule has 2 N–H and O–H groups in total. The third-order valence-electron chi connectivity index (χ3n) is 1.85. The summed E-state index contributed by atoms with van der Waals surface area (Å²) in [6.07, 6.45) is -0.235. The van der Waals surface area contributed by atoms with Crippen LogP contribution in [0.5, 0.6) is 0 Å². The van der Waals surface area contributed by atoms with E-state index in [2.05, 4.69) is 5.32 Å². The molecular formula is C11H14ClNO2. The Morgan fingerprint density at radius 2 is 2.33 bits per heavy atom. The number of hydrogen-bond donors (Lipinski definition) is 2. The molecule has 4 heteroatoms. The van der Waals surface area contributed by atoms with Gasteiger partial charge in [0.2, 0.25) is 5.91 Å². The summed E-state index contributed by atoms with van der Waals surface area (Å²) >= 11 is 5.78. The molecule has 0 aromatic heterocycles. The second kappa shape index (κ2) is 5.73. The highest BCUT2D eigenvalue weighted by Gasteiger charge is 2.04. The van der Waals surface area contributed by atoms with Crippen LogP contribution in [0.15, 0.2) is 24.3 Å². The molecule has 1 aromatic rings. The lowest BCUT2D eigenvalue weighted by Crippen LogP contribution is -2.31. The lowest BCUT2D eigenvalue weighted by molar-refractivity contribution is -0.120. The molecule has 1 amide bonds. The molecule has 1 unspecified atom stereocenters. The summed E-state index contributed by atoms with van der Waals surface area (Å²) in [4.78, 5) is 11.4. The van der Waals surface area contributed by atoms with Crippen molar-refractivity contribution in [1.29, 1.82) is 0 Å². The summed E-state index contributed by atoms with van der Waals surface area (Å²) in [6.45, 7) is 1.90. The van der Waals surface area contributed by atoms with Crippen LogP contribution in [0.2, 0.25) is 5.02 Å². The lowest BCUT2D eigenvalue weighted by Gasteiger charge is -2.07. The van der Waals surface area contributed by atoms with Gasteiger partial charge >= 0.3 is 0 Å². The number of halogens is 1. The molecule has 15 heavy (non-hydrogen) atoms. The maximum absolute atomic E-state index is 11.4. The molecule has 0 aliphatic heterocycles. The van der Waals surface area contributed by atoms with E-state index in [0.717, 1.165) is 5.56 Å². The van der Waals surface area contributed by atoms with Crippen molar-refractivity contribution in [2.24, 2.45) is 0 Å². The van der Waals surface area contributed by atoms with Gasteiger partial charge in [0.1, 0.15) is 0 Å². The number of aliphatic hydroxyl groups is 1. The Morgan fingerprint density at radius 3 is 2.93 bits per heavy atom. The Labute approximate surface area is 94.1 Å². The maximum atomic E-state index is 11.4. The first kappa shape index (κ1) is 12.0. The van der Waals surface area contributed by atoms with Crippen molar-refractivity contribution in [3.05, 3.63) is 34.9 Å². The van der Waals surface area contributed by atoms with Crippen molar-refractivity contribution in [1.82, 2.24) is 5.32 Å². The number of hydrogen-bond acceptors (Lipinski definition) is 2. The van der Waals surface area contributed by atoms with Crippen molar-refractivity contribution >= 4 is 17.5 Å². The summed E-state index contributed by atoms with van der Waals surface area (Å²) in [5.74, 6) is -0.113. The molecule has 0 spiro atoms. The predicted octanol–water partition coefficient (Wildman–Crippen LogP) is 1.38. The van der Waals surface area contributed by atoms with E-state index >= 15 is 0 Å². The van der Waals surface area contributed by atoms with Crippen molar-refractivity contribution < 1.29 is 9.90 Å². The minimum Gasteiger partial charge on any atom is -0.392 e. The van der Waals surface area contributed by atoms with Crippen molar-refractivity contribution in [3.63, 3.8) is 0 Å². The summed E-state index contributed by atoms with van der Waals surface area (Å²) in [5.41, 5.74) is 0.866. The predicted molar refractivity (Wildman–Crippen MR) is 59.8 cm³/mol. The molecule has 1 atom stereocenters. The molecule has 82 valence electrons. The summed E-state index contributed by atoms with van der Waals surface area (Å²) in [5, 5.41) is 12.2. The van der Waals surface area contributed by atoms with Crippen LogP contribution in [0.1, 0.15) is 12.5 Å². The minimum absolute atomic E-state index is 0.113. The Kier molecular flexibility index (Phi) is 4.59. The third-order valence-corrected chi connectivity index (χ3v) is 2.08. The Hall–Kier alpha value is -1.06. The number of aliphatic hydroxyl groups excluding tert-OH is 1. The van der Waals surface area contributed by atoms with Gasteiger partial charge < -0.3 is 10.4 Å². The van der Waals surface area contributed by atoms with Crippen LogP contribution in [0.25, 0.3) is 0 Å². The van der Waals surface area contributed by atoms with Crippen molar-refractivity contribution in [3.8, 4) is 0 Å². The van der Waals surface area contributed by atoms with Gasteiger partial charge in [-0.05, 0) is 24.6 Å². The monoisotopic (exact) mass is 227 g/mol. The summed E-state index contributed by atoms with van der Waals surface area (Å²) < 4.78 is 0. The van der Waals surface area contributed by atoms with Gasteiger partial charge in [0, 0.05) is 11.6 Å². The SMILES string of the molecule is CC(O)CNC(=O)Cc1cccc(Cl)c1. The van der Waals surface area contributed by atoms with E-state index < -0.39 is 6.10 Å². The van der Waals surface area contributed by atoms with Gasteiger partial charge in [0.05, 0.1) is 12.5 Å². The fourth-order valence-electron chi connectivity index (χ4n) is 1.16. The highest BCUT2D eigenvalue weighted by atomic mass is 35.5. The first-order valence-electron chi connectivity index (χ1n) is 4.77. The maximum Gasteiger partial charge on any atom is 0.224 e. The van der Waals surface area contributed by atoms with E-state index in [1.807, 2.05) is 6.07 Å². The minimum atomic E-state index is -0.520. The van der Waals surface area contributed by atoms with Crippen LogP contribution in [-0.4, -0.2) is 23.7 Å². The average molecular weight is 228 g/mol. The quantitative estimate of drug-likeness (QED) is 0.817. The van der Waals surface area contributed by atoms with Crippen molar-refractivity contribution in [2.45, 2.75) is 19.4 Å². The first-order valence-corrected chi connectivity index (χ1v) is 5.15. The molecule has 0 aliphatic rings. The Morgan fingerprint density at radius 1 is 1.60 bits per heavy atom. The lowest BCUT2D eigenvalue weighted by atomic mass is 10.1. The van der Waals surface area contributed by atoms with Crippen LogP contribution in [0.4, 0.5) is 0 Å². The second-order valence-corrected chi connectivity index (χ2v) is 3.90. The molecule has 0 bridgehead atoms. The fraction of sp³-hybridized carbons (Fsp3) is 0.364. The molecule has 0 heterocycles. The van der Waals surface area contributed by atoms with Crippen LogP contribution in [0, 0.1) is 0 Å². The van der Waals surface area contributed by atoms with Crippen LogP contribution in [-0.2, 0) is 11.2 Å². The molecule has 0 saturated heterocycles. The van der Waals surface area contributed by atoms with Gasteiger partial charge in [-0.15, -0.1) is 0 Å². The highest BCUT2D eigenvalue weighted by molar-refractivity contribution is 6.30. The average Bonchev–Trinajstić information content (AvgIpc) is 2.15. The van der Waals surface area contributed by atoms with E-state index in [-0.39, 0.29) is 18.9 Å². The van der Waals surface area contributed by atoms with E-state index in [0.29, 0.717) is 5.02 Å². The summed E-state index contributed by atoms with van der Waals surface area (Å²) in [7, 11) is 0. The number of amides is 1. The molecule has 0 fully saturated rings. The van der Waals surface area contributed by atoms with E-state index in [4.69, 9.17) is 16.7 Å². The third kappa shape index (κ3) is 4.81. The zero-order valence-corrected chi connectivity index (χ0v) is 9.29. The molecular weight excluding hydrogens is 214 g/mol. The Bertz CT molecular complexity index is 339. The Balaban J connectivity index is 2.44. The smallest absolute Gasteiger partial charge is 0.224 e. The van der Waals surface area contributed by atoms with Crippen LogP contribution >= 0.6 is 11.6 Å². The van der Waals surface area contributed by atoms with E-state index in [1.165, 1.54) is 0 Å². The fourth-order valence-corrected chi connectivity index (χ4v) is 1.37. The van der Waals surface area contributed by atoms with E-state index in [1.54, 1.807) is 25.1 Å². The number of carbonyl (C=O) groups excluding carboxylic acids is 1. The van der Waals surface area contributed by atoms with Gasteiger partial charge in [-0.2, -0.15) is 0 Å². The van der Waals surface area contributed by atoms with Gasteiger partial charge in [0.25, 0.3) is 0 Å². The highest BCUT2D eigenvalue weighted by Crippen LogP contribution is 2.10. The molecule has 1 aromatic carbocycles.